The first-order valence-corrected chi connectivity index (χ1v) is 14.9. The molecule has 0 amide bonds. The SMILES string of the molecule is CC1(C)C2CCC1(CS(=O)(=O)O)C(=O)C2.COC(=O)C(c1ccccc1Cl)N1CCc2sccc2C1. The summed E-state index contributed by atoms with van der Waals surface area (Å²) in [5.74, 6) is -0.364. The first-order valence-electron chi connectivity index (χ1n) is 12.0. The van der Waals surface area contributed by atoms with E-state index in [1.54, 1.807) is 11.3 Å². The van der Waals surface area contributed by atoms with Crippen LogP contribution in [0.25, 0.3) is 0 Å². The molecule has 0 spiro atoms. The molecule has 2 aliphatic carbocycles. The van der Waals surface area contributed by atoms with Crippen LogP contribution in [-0.2, 0) is 37.4 Å². The summed E-state index contributed by atoms with van der Waals surface area (Å²) in [6.45, 7) is 5.48. The lowest BCUT2D eigenvalue weighted by molar-refractivity contribution is -0.147. The Morgan fingerprint density at radius 3 is 2.61 bits per heavy atom. The fourth-order valence-corrected chi connectivity index (χ4v) is 8.62. The highest BCUT2D eigenvalue weighted by Crippen LogP contribution is 2.64. The normalized spacial score (nSPS) is 25.6. The number of ketones is 1. The Balaban J connectivity index is 0.000000179. The molecular formula is C26H32ClNO6S2. The van der Waals surface area contributed by atoms with Crippen LogP contribution in [0.3, 0.4) is 0 Å². The molecule has 3 atom stereocenters. The number of thiophene rings is 1. The Hall–Kier alpha value is -1.78. The van der Waals surface area contributed by atoms with Crippen LogP contribution in [0.2, 0.25) is 5.02 Å². The lowest BCUT2D eigenvalue weighted by atomic mass is 9.70. The van der Waals surface area contributed by atoms with Crippen molar-refractivity contribution in [1.82, 2.24) is 4.90 Å². The van der Waals surface area contributed by atoms with Gasteiger partial charge in [0.05, 0.1) is 18.3 Å². The number of rotatable bonds is 5. The van der Waals surface area contributed by atoms with Crippen LogP contribution in [0.5, 0.6) is 0 Å². The van der Waals surface area contributed by atoms with E-state index < -0.39 is 27.3 Å². The molecule has 3 aliphatic rings. The average Bonchev–Trinajstić information content (AvgIpc) is 3.42. The zero-order valence-electron chi connectivity index (χ0n) is 20.7. The van der Waals surface area contributed by atoms with Gasteiger partial charge in [0.1, 0.15) is 11.8 Å². The molecule has 1 aliphatic heterocycles. The predicted octanol–water partition coefficient (Wildman–Crippen LogP) is 4.94. The number of fused-ring (bicyclic) bond motifs is 3. The van der Waals surface area contributed by atoms with Crippen LogP contribution < -0.4 is 0 Å². The smallest absolute Gasteiger partial charge is 0.327 e. The second-order valence-corrected chi connectivity index (χ2v) is 13.3. The van der Waals surface area contributed by atoms with Gasteiger partial charge in [-0.25, -0.2) is 4.79 Å². The molecule has 0 saturated heterocycles. The van der Waals surface area contributed by atoms with Crippen molar-refractivity contribution in [3.63, 3.8) is 0 Å². The Morgan fingerprint density at radius 2 is 2.03 bits per heavy atom. The number of ether oxygens (including phenoxy) is 1. The van der Waals surface area contributed by atoms with E-state index in [9.17, 15) is 18.0 Å². The summed E-state index contributed by atoms with van der Waals surface area (Å²) in [5, 5.41) is 2.71. The second kappa shape index (κ2) is 10.2. The molecule has 2 heterocycles. The Morgan fingerprint density at radius 1 is 1.31 bits per heavy atom. The van der Waals surface area contributed by atoms with Gasteiger partial charge in [0, 0.05) is 29.4 Å². The fraction of sp³-hybridized carbons (Fsp3) is 0.538. The number of benzene rings is 1. The first-order chi connectivity index (χ1) is 16.9. The molecule has 7 nitrogen and oxygen atoms in total. The van der Waals surface area contributed by atoms with Crippen LogP contribution >= 0.6 is 22.9 Å². The number of hydrogen-bond donors (Lipinski definition) is 1. The highest BCUT2D eigenvalue weighted by molar-refractivity contribution is 7.85. The van der Waals surface area contributed by atoms with Crippen LogP contribution in [0.15, 0.2) is 35.7 Å². The quantitative estimate of drug-likeness (QED) is 0.413. The average molecular weight is 554 g/mol. The van der Waals surface area contributed by atoms with Gasteiger partial charge in [0.25, 0.3) is 10.1 Å². The summed E-state index contributed by atoms with van der Waals surface area (Å²) in [6, 6.07) is 9.16. The molecule has 2 fully saturated rings. The molecule has 5 rings (SSSR count). The molecule has 1 aromatic heterocycles. The van der Waals surface area contributed by atoms with Gasteiger partial charge in [0.15, 0.2) is 0 Å². The van der Waals surface area contributed by atoms with Crippen LogP contribution in [0, 0.1) is 16.7 Å². The maximum Gasteiger partial charge on any atom is 0.327 e. The van der Waals surface area contributed by atoms with Gasteiger partial charge in [-0.3, -0.25) is 14.2 Å². The predicted molar refractivity (Wildman–Crippen MR) is 140 cm³/mol. The molecule has 2 aromatic rings. The third-order valence-electron chi connectivity index (χ3n) is 8.39. The molecule has 36 heavy (non-hydrogen) atoms. The number of Topliss-reactive ketones (excluding diaryl/α,β-unsaturated/α-hetero) is 1. The molecule has 2 saturated carbocycles. The first kappa shape index (κ1) is 27.3. The highest BCUT2D eigenvalue weighted by atomic mass is 35.5. The Bertz CT molecular complexity index is 1260. The standard InChI is InChI=1S/C16H16ClNO2S.C10H16O4S/c1-20-16(19)15(12-4-2-3-5-13(12)17)18-8-6-14-11(10-18)7-9-21-14;1-9(2)7-3-4-10(9,8(11)5-7)6-15(12,13)14/h2-5,7,9,15H,6,8,10H2,1H3;7H,3-6H2,1-2H3,(H,12,13,14). The van der Waals surface area contributed by atoms with Gasteiger partial charge >= 0.3 is 5.97 Å². The Labute approximate surface area is 221 Å². The number of esters is 1. The van der Waals surface area contributed by atoms with Gasteiger partial charge in [-0.05, 0) is 59.2 Å². The van der Waals surface area contributed by atoms with E-state index in [-0.39, 0.29) is 23.1 Å². The third-order valence-corrected chi connectivity index (χ3v) is 10.6. The summed E-state index contributed by atoms with van der Waals surface area (Å²) < 4.78 is 36.0. The third kappa shape index (κ3) is 5.00. The zero-order chi connectivity index (χ0) is 26.3. The monoisotopic (exact) mass is 553 g/mol. The maximum absolute atomic E-state index is 12.3. The minimum absolute atomic E-state index is 0.0152. The number of methoxy groups -OCH3 is 1. The lowest BCUT2D eigenvalue weighted by Gasteiger charge is -2.35. The van der Waals surface area contributed by atoms with Gasteiger partial charge < -0.3 is 4.74 Å². The van der Waals surface area contributed by atoms with Crippen LogP contribution in [0.4, 0.5) is 0 Å². The van der Waals surface area contributed by atoms with E-state index in [0.29, 0.717) is 17.9 Å². The molecular weight excluding hydrogens is 522 g/mol. The summed E-state index contributed by atoms with van der Waals surface area (Å²) in [6.07, 6.45) is 2.94. The number of halogens is 1. The molecule has 1 N–H and O–H groups in total. The number of carbonyl (C=O) groups is 2. The zero-order valence-corrected chi connectivity index (χ0v) is 23.1. The highest BCUT2D eigenvalue weighted by Gasteiger charge is 2.65. The van der Waals surface area contributed by atoms with Crippen molar-refractivity contribution >= 4 is 44.8 Å². The van der Waals surface area contributed by atoms with Gasteiger partial charge in [-0.15, -0.1) is 11.3 Å². The van der Waals surface area contributed by atoms with E-state index in [2.05, 4.69) is 16.3 Å². The van der Waals surface area contributed by atoms with Gasteiger partial charge in [0.2, 0.25) is 0 Å². The Kier molecular flexibility index (Phi) is 7.70. The van der Waals surface area contributed by atoms with Crippen molar-refractivity contribution in [2.45, 2.75) is 52.1 Å². The lowest BCUT2D eigenvalue weighted by Crippen LogP contribution is -2.42. The molecule has 1 aromatic carbocycles. The van der Waals surface area contributed by atoms with Crippen molar-refractivity contribution in [1.29, 1.82) is 0 Å². The van der Waals surface area contributed by atoms with Crippen molar-refractivity contribution in [3.05, 3.63) is 56.7 Å². The van der Waals surface area contributed by atoms with Crippen molar-refractivity contribution in [3.8, 4) is 0 Å². The summed E-state index contributed by atoms with van der Waals surface area (Å²) in [7, 11) is -2.65. The number of hydrogen-bond acceptors (Lipinski definition) is 7. The molecule has 196 valence electrons. The fourth-order valence-electron chi connectivity index (χ4n) is 6.19. The topological polar surface area (TPSA) is 101 Å². The maximum atomic E-state index is 12.3. The minimum Gasteiger partial charge on any atom is -0.468 e. The summed E-state index contributed by atoms with van der Waals surface area (Å²) in [4.78, 5) is 27.7. The minimum atomic E-state index is -4.08. The largest absolute Gasteiger partial charge is 0.468 e. The van der Waals surface area contributed by atoms with E-state index in [0.717, 1.165) is 31.5 Å². The summed E-state index contributed by atoms with van der Waals surface area (Å²) >= 11 is 8.07. The molecule has 2 bridgehead atoms. The van der Waals surface area contributed by atoms with Gasteiger partial charge in [-0.1, -0.05) is 43.6 Å². The van der Waals surface area contributed by atoms with Crippen LogP contribution in [-0.4, -0.2) is 49.0 Å². The number of nitrogens with zero attached hydrogens (tertiary/aromatic N) is 1. The molecule has 10 heteroatoms. The van der Waals surface area contributed by atoms with Crippen molar-refractivity contribution in [2.24, 2.45) is 16.7 Å². The van der Waals surface area contributed by atoms with Crippen LogP contribution in [0.1, 0.15) is 55.2 Å². The van der Waals surface area contributed by atoms with E-state index in [1.807, 2.05) is 38.1 Å². The molecule has 0 radical (unpaired) electrons. The van der Waals surface area contributed by atoms with Crippen molar-refractivity contribution in [2.75, 3.05) is 19.4 Å². The van der Waals surface area contributed by atoms with Crippen molar-refractivity contribution < 1.29 is 27.3 Å². The summed E-state index contributed by atoms with van der Waals surface area (Å²) in [5.41, 5.74) is 0.988. The second-order valence-electron chi connectivity index (χ2n) is 10.4. The van der Waals surface area contributed by atoms with Gasteiger partial charge in [-0.2, -0.15) is 8.42 Å². The van der Waals surface area contributed by atoms with E-state index >= 15 is 0 Å². The molecule has 3 unspecified atom stereocenters. The van der Waals surface area contributed by atoms with E-state index in [4.69, 9.17) is 20.9 Å². The van der Waals surface area contributed by atoms with E-state index in [1.165, 1.54) is 17.6 Å². The number of carbonyl (C=O) groups excluding carboxylic acids is 2.